The molecule has 6 heteroatoms. The molecule has 0 unspecified atom stereocenters. The van der Waals surface area contributed by atoms with Crippen molar-refractivity contribution >= 4 is 17.5 Å². The molecule has 142 valence electrons. The zero-order valence-electron chi connectivity index (χ0n) is 15.2. The third-order valence-electron chi connectivity index (χ3n) is 4.18. The molecule has 3 rings (SSSR count). The van der Waals surface area contributed by atoms with Gasteiger partial charge in [-0.3, -0.25) is 9.59 Å². The van der Waals surface area contributed by atoms with Crippen LogP contribution in [0.15, 0.2) is 72.8 Å². The molecule has 0 saturated carbocycles. The van der Waals surface area contributed by atoms with Crippen LogP contribution in [-0.4, -0.2) is 23.8 Å². The maximum atomic E-state index is 13.7. The molecule has 0 atom stereocenters. The first-order chi connectivity index (χ1) is 13.5. The highest BCUT2D eigenvalue weighted by molar-refractivity contribution is 6.06. The van der Waals surface area contributed by atoms with Crippen LogP contribution in [0.25, 0.3) is 0 Å². The van der Waals surface area contributed by atoms with E-state index in [-0.39, 0.29) is 11.5 Å². The molecule has 3 aromatic rings. The lowest BCUT2D eigenvalue weighted by Crippen LogP contribution is -2.26. The predicted molar refractivity (Wildman–Crippen MR) is 103 cm³/mol. The average molecular weight is 380 g/mol. The Morgan fingerprint density at radius 1 is 0.857 bits per heavy atom. The van der Waals surface area contributed by atoms with Crippen molar-refractivity contribution in [3.63, 3.8) is 0 Å². The molecule has 0 aliphatic rings. The number of rotatable bonds is 5. The molecule has 0 aromatic heterocycles. The van der Waals surface area contributed by atoms with Crippen molar-refractivity contribution in [1.29, 1.82) is 0 Å². The van der Waals surface area contributed by atoms with E-state index >= 15 is 0 Å². The topological polar surface area (TPSA) is 49.4 Å². The third-order valence-corrected chi connectivity index (χ3v) is 4.18. The predicted octanol–water partition coefficient (Wildman–Crippen LogP) is 4.49. The Labute approximate surface area is 161 Å². The number of benzene rings is 3. The molecule has 0 fully saturated rings. The van der Waals surface area contributed by atoms with Gasteiger partial charge in [-0.2, -0.15) is 0 Å². The maximum Gasteiger partial charge on any atom is 0.255 e. The number of hydrogen-bond donors (Lipinski definition) is 1. The summed E-state index contributed by atoms with van der Waals surface area (Å²) >= 11 is 0. The molecule has 0 saturated heterocycles. The van der Waals surface area contributed by atoms with Gasteiger partial charge in [0.05, 0.1) is 0 Å². The first kappa shape index (κ1) is 19.2. The Balaban J connectivity index is 1.76. The number of hydrogen-bond acceptors (Lipinski definition) is 2. The van der Waals surface area contributed by atoms with Gasteiger partial charge in [0.25, 0.3) is 11.8 Å². The van der Waals surface area contributed by atoms with E-state index in [0.29, 0.717) is 12.1 Å². The quantitative estimate of drug-likeness (QED) is 0.709. The van der Waals surface area contributed by atoms with Crippen molar-refractivity contribution in [3.8, 4) is 0 Å². The van der Waals surface area contributed by atoms with Crippen LogP contribution in [0.3, 0.4) is 0 Å². The molecule has 0 heterocycles. The number of carbonyl (C=O) groups is 2. The van der Waals surface area contributed by atoms with E-state index in [9.17, 15) is 18.4 Å². The summed E-state index contributed by atoms with van der Waals surface area (Å²) in [4.78, 5) is 26.6. The van der Waals surface area contributed by atoms with E-state index < -0.39 is 23.2 Å². The molecular weight excluding hydrogens is 362 g/mol. The molecule has 4 nitrogen and oxygen atoms in total. The molecule has 0 radical (unpaired) electrons. The van der Waals surface area contributed by atoms with E-state index in [4.69, 9.17) is 0 Å². The Bertz CT molecular complexity index is 986. The number of amides is 2. The molecule has 0 aliphatic heterocycles. The number of anilines is 1. The molecule has 28 heavy (non-hydrogen) atoms. The molecule has 0 spiro atoms. The maximum absolute atomic E-state index is 13.7. The Morgan fingerprint density at radius 3 is 2.14 bits per heavy atom. The number of nitrogens with one attached hydrogen (secondary N) is 1. The van der Waals surface area contributed by atoms with Crippen molar-refractivity contribution < 1.29 is 18.4 Å². The number of carbonyl (C=O) groups excluding carboxylic acids is 2. The number of para-hydroxylation sites is 1. The minimum Gasteiger partial charge on any atom is -0.337 e. The lowest BCUT2D eigenvalue weighted by molar-refractivity contribution is 0.0785. The Morgan fingerprint density at radius 2 is 1.46 bits per heavy atom. The summed E-state index contributed by atoms with van der Waals surface area (Å²) in [6, 6.07) is 18.8. The molecule has 0 bridgehead atoms. The van der Waals surface area contributed by atoms with Crippen molar-refractivity contribution in [2.75, 3.05) is 12.4 Å². The fourth-order valence-corrected chi connectivity index (χ4v) is 2.75. The second-order valence-electron chi connectivity index (χ2n) is 6.28. The van der Waals surface area contributed by atoms with Crippen LogP contribution in [0, 0.1) is 11.6 Å². The molecule has 1 N–H and O–H groups in total. The van der Waals surface area contributed by atoms with Crippen LogP contribution in [0.4, 0.5) is 14.5 Å². The van der Waals surface area contributed by atoms with Gasteiger partial charge in [0.2, 0.25) is 0 Å². The first-order valence-corrected chi connectivity index (χ1v) is 8.60. The summed E-state index contributed by atoms with van der Waals surface area (Å²) in [5.74, 6) is -2.72. The molecule has 3 aromatic carbocycles. The molecule has 2 amide bonds. The van der Waals surface area contributed by atoms with Crippen molar-refractivity contribution in [2.45, 2.75) is 6.54 Å². The SMILES string of the molecule is CN(Cc1ccccc1)C(=O)c1cccc(C(=O)Nc2c(F)cccc2F)c1. The van der Waals surface area contributed by atoms with Crippen molar-refractivity contribution in [3.05, 3.63) is 101 Å². The zero-order valence-corrected chi connectivity index (χ0v) is 15.2. The second-order valence-corrected chi connectivity index (χ2v) is 6.28. The van der Waals surface area contributed by atoms with Crippen LogP contribution < -0.4 is 5.32 Å². The molecular formula is C22H18F2N2O2. The highest BCUT2D eigenvalue weighted by Gasteiger charge is 2.17. The van der Waals surface area contributed by atoms with Crippen LogP contribution in [0.5, 0.6) is 0 Å². The minimum absolute atomic E-state index is 0.126. The van der Waals surface area contributed by atoms with Crippen molar-refractivity contribution in [2.24, 2.45) is 0 Å². The monoisotopic (exact) mass is 380 g/mol. The zero-order chi connectivity index (χ0) is 20.1. The summed E-state index contributed by atoms with van der Waals surface area (Å²) in [5.41, 5.74) is 0.884. The van der Waals surface area contributed by atoms with Gasteiger partial charge in [0.1, 0.15) is 17.3 Å². The summed E-state index contributed by atoms with van der Waals surface area (Å²) in [7, 11) is 1.66. The normalized spacial score (nSPS) is 10.4. The Hall–Kier alpha value is -3.54. The highest BCUT2D eigenvalue weighted by Crippen LogP contribution is 2.19. The van der Waals surface area contributed by atoms with Gasteiger partial charge in [0.15, 0.2) is 0 Å². The Kier molecular flexibility index (Phi) is 5.79. The molecule has 0 aliphatic carbocycles. The lowest BCUT2D eigenvalue weighted by Gasteiger charge is -2.17. The highest BCUT2D eigenvalue weighted by atomic mass is 19.1. The second kappa shape index (κ2) is 8.43. The largest absolute Gasteiger partial charge is 0.337 e. The van der Waals surface area contributed by atoms with Gasteiger partial charge in [-0.15, -0.1) is 0 Å². The van der Waals surface area contributed by atoms with Gasteiger partial charge >= 0.3 is 0 Å². The standard InChI is InChI=1S/C22H18F2N2O2/c1-26(14-15-7-3-2-4-8-15)22(28)17-10-5-9-16(13-17)21(27)25-20-18(23)11-6-12-19(20)24/h2-13H,14H2,1H3,(H,25,27). The summed E-state index contributed by atoms with van der Waals surface area (Å²) in [6.45, 7) is 0.413. The third kappa shape index (κ3) is 4.40. The van der Waals surface area contributed by atoms with Gasteiger partial charge < -0.3 is 10.2 Å². The van der Waals surface area contributed by atoms with Gasteiger partial charge in [-0.25, -0.2) is 8.78 Å². The summed E-state index contributed by atoms with van der Waals surface area (Å²) < 4.78 is 27.5. The fraction of sp³-hybridized carbons (Fsp3) is 0.0909. The van der Waals surface area contributed by atoms with E-state index in [1.807, 2.05) is 30.3 Å². The number of halogens is 2. The van der Waals surface area contributed by atoms with Gasteiger partial charge in [-0.1, -0.05) is 42.5 Å². The van der Waals surface area contributed by atoms with E-state index in [1.54, 1.807) is 19.2 Å². The summed E-state index contributed by atoms with van der Waals surface area (Å²) in [6.07, 6.45) is 0. The van der Waals surface area contributed by atoms with Crippen LogP contribution in [-0.2, 0) is 6.54 Å². The van der Waals surface area contributed by atoms with Gasteiger partial charge in [-0.05, 0) is 35.9 Å². The van der Waals surface area contributed by atoms with Crippen molar-refractivity contribution in [1.82, 2.24) is 4.90 Å². The average Bonchev–Trinajstić information content (AvgIpc) is 2.71. The lowest BCUT2D eigenvalue weighted by atomic mass is 10.1. The van der Waals surface area contributed by atoms with Crippen LogP contribution in [0.2, 0.25) is 0 Å². The van der Waals surface area contributed by atoms with E-state index in [1.165, 1.54) is 23.1 Å². The van der Waals surface area contributed by atoms with E-state index in [2.05, 4.69) is 5.32 Å². The van der Waals surface area contributed by atoms with E-state index in [0.717, 1.165) is 17.7 Å². The summed E-state index contributed by atoms with van der Waals surface area (Å²) in [5, 5.41) is 2.22. The van der Waals surface area contributed by atoms with Crippen LogP contribution in [0.1, 0.15) is 26.3 Å². The fourth-order valence-electron chi connectivity index (χ4n) is 2.75. The minimum atomic E-state index is -0.872. The smallest absolute Gasteiger partial charge is 0.255 e. The van der Waals surface area contributed by atoms with Crippen LogP contribution >= 0.6 is 0 Å². The number of nitrogens with zero attached hydrogens (tertiary/aromatic N) is 1. The van der Waals surface area contributed by atoms with Gasteiger partial charge in [0, 0.05) is 24.7 Å². The first-order valence-electron chi connectivity index (χ1n) is 8.60.